The highest BCUT2D eigenvalue weighted by Gasteiger charge is 2.25. The molecule has 0 aromatic heterocycles. The highest BCUT2D eigenvalue weighted by Crippen LogP contribution is 2.31. The molecule has 0 N–H and O–H groups in total. The molecule has 3 rings (SSSR count). The van der Waals surface area contributed by atoms with Crippen LogP contribution in [0, 0.1) is 5.92 Å². The van der Waals surface area contributed by atoms with Crippen molar-refractivity contribution in [1.29, 1.82) is 0 Å². The van der Waals surface area contributed by atoms with Crippen LogP contribution in [0.1, 0.15) is 38.2 Å². The number of hydrogen-bond donors (Lipinski definition) is 0. The highest BCUT2D eigenvalue weighted by atomic mass is 16.6. The average molecular weight is 361 g/mol. The van der Waals surface area contributed by atoms with Crippen LogP contribution in [-0.4, -0.2) is 49.7 Å². The molecule has 1 aromatic carbocycles. The fourth-order valence-corrected chi connectivity index (χ4v) is 3.49. The number of nitrogens with zero attached hydrogens (tertiary/aromatic N) is 1. The van der Waals surface area contributed by atoms with Gasteiger partial charge in [-0.3, -0.25) is 9.59 Å². The van der Waals surface area contributed by atoms with Crippen molar-refractivity contribution in [3.05, 3.63) is 23.8 Å². The molecule has 6 nitrogen and oxygen atoms in total. The minimum Gasteiger partial charge on any atom is -0.486 e. The summed E-state index contributed by atoms with van der Waals surface area (Å²) in [7, 11) is 1.80. The van der Waals surface area contributed by atoms with Gasteiger partial charge in [-0.25, -0.2) is 0 Å². The second-order valence-corrected chi connectivity index (χ2v) is 7.23. The van der Waals surface area contributed by atoms with Gasteiger partial charge in [-0.15, -0.1) is 0 Å². The maximum Gasteiger partial charge on any atom is 0.310 e. The first-order valence-corrected chi connectivity index (χ1v) is 9.32. The molecule has 1 aliphatic heterocycles. The van der Waals surface area contributed by atoms with Gasteiger partial charge in [-0.05, 0) is 49.3 Å². The number of carbonyl (C=O) groups is 2. The SMILES string of the molecule is CC1CCC(N(C)C(=O)COC(=O)Cc2ccc3c(c2)OCCO3)CC1. The van der Waals surface area contributed by atoms with Gasteiger partial charge < -0.3 is 19.1 Å². The van der Waals surface area contributed by atoms with E-state index in [9.17, 15) is 9.59 Å². The summed E-state index contributed by atoms with van der Waals surface area (Å²) in [5.41, 5.74) is 0.779. The quantitative estimate of drug-likeness (QED) is 0.754. The monoisotopic (exact) mass is 361 g/mol. The molecular weight excluding hydrogens is 334 g/mol. The third-order valence-corrected chi connectivity index (χ3v) is 5.24. The van der Waals surface area contributed by atoms with Crippen molar-refractivity contribution in [2.24, 2.45) is 5.92 Å². The Labute approximate surface area is 154 Å². The Bertz CT molecular complexity index is 652. The predicted octanol–water partition coefficient (Wildman–Crippen LogP) is 2.58. The minimum atomic E-state index is -0.416. The van der Waals surface area contributed by atoms with Crippen LogP contribution in [0.2, 0.25) is 0 Å². The van der Waals surface area contributed by atoms with E-state index < -0.39 is 5.97 Å². The van der Waals surface area contributed by atoms with Crippen LogP contribution in [-0.2, 0) is 20.7 Å². The van der Waals surface area contributed by atoms with Gasteiger partial charge in [0.1, 0.15) is 13.2 Å². The van der Waals surface area contributed by atoms with Crippen molar-refractivity contribution < 1.29 is 23.8 Å². The van der Waals surface area contributed by atoms with Gasteiger partial charge in [0, 0.05) is 13.1 Å². The molecule has 1 aromatic rings. The van der Waals surface area contributed by atoms with Crippen molar-refractivity contribution in [2.75, 3.05) is 26.9 Å². The molecule has 0 radical (unpaired) electrons. The Balaban J connectivity index is 1.45. The summed E-state index contributed by atoms with van der Waals surface area (Å²) in [5.74, 6) is 1.51. The van der Waals surface area contributed by atoms with E-state index in [1.807, 2.05) is 6.07 Å². The lowest BCUT2D eigenvalue weighted by Crippen LogP contribution is -2.41. The lowest BCUT2D eigenvalue weighted by molar-refractivity contribution is -0.152. The third-order valence-electron chi connectivity index (χ3n) is 5.24. The molecule has 1 aliphatic carbocycles. The molecule has 0 unspecified atom stereocenters. The number of amides is 1. The molecule has 2 aliphatic rings. The Morgan fingerprint density at radius 1 is 1.12 bits per heavy atom. The van der Waals surface area contributed by atoms with Crippen molar-refractivity contribution >= 4 is 11.9 Å². The number of likely N-dealkylation sites (N-methyl/N-ethyl adjacent to an activating group) is 1. The van der Waals surface area contributed by atoms with Crippen LogP contribution < -0.4 is 9.47 Å². The summed E-state index contributed by atoms with van der Waals surface area (Å²) in [5, 5.41) is 0. The molecule has 6 heteroatoms. The third kappa shape index (κ3) is 4.68. The molecule has 1 fully saturated rings. The van der Waals surface area contributed by atoms with E-state index >= 15 is 0 Å². The van der Waals surface area contributed by atoms with E-state index in [1.165, 1.54) is 0 Å². The number of carbonyl (C=O) groups excluding carboxylic acids is 2. The highest BCUT2D eigenvalue weighted by molar-refractivity contribution is 5.81. The normalized spacial score (nSPS) is 21.8. The van der Waals surface area contributed by atoms with E-state index in [1.54, 1.807) is 24.1 Å². The van der Waals surface area contributed by atoms with E-state index in [-0.39, 0.29) is 25.0 Å². The lowest BCUT2D eigenvalue weighted by atomic mass is 9.87. The van der Waals surface area contributed by atoms with Crippen molar-refractivity contribution in [3.63, 3.8) is 0 Å². The predicted molar refractivity (Wildman–Crippen MR) is 96.3 cm³/mol. The van der Waals surface area contributed by atoms with Crippen LogP contribution in [0.15, 0.2) is 18.2 Å². The largest absolute Gasteiger partial charge is 0.486 e. The maximum absolute atomic E-state index is 12.3. The van der Waals surface area contributed by atoms with Gasteiger partial charge in [0.25, 0.3) is 5.91 Å². The molecule has 26 heavy (non-hydrogen) atoms. The first-order valence-electron chi connectivity index (χ1n) is 9.32. The summed E-state index contributed by atoms with van der Waals surface area (Å²) >= 11 is 0. The maximum atomic E-state index is 12.3. The molecule has 0 spiro atoms. The average Bonchev–Trinajstić information content (AvgIpc) is 2.66. The molecule has 1 heterocycles. The van der Waals surface area contributed by atoms with Gasteiger partial charge in [-0.1, -0.05) is 13.0 Å². The summed E-state index contributed by atoms with van der Waals surface area (Å²) in [6.07, 6.45) is 4.44. The number of hydrogen-bond acceptors (Lipinski definition) is 5. The van der Waals surface area contributed by atoms with E-state index in [0.29, 0.717) is 24.7 Å². The molecule has 0 atom stereocenters. The van der Waals surface area contributed by atoms with Crippen LogP contribution in [0.3, 0.4) is 0 Å². The number of benzene rings is 1. The van der Waals surface area contributed by atoms with Gasteiger partial charge in [0.15, 0.2) is 18.1 Å². The number of esters is 1. The van der Waals surface area contributed by atoms with E-state index in [0.717, 1.165) is 37.2 Å². The topological polar surface area (TPSA) is 65.1 Å². The molecule has 142 valence electrons. The zero-order valence-corrected chi connectivity index (χ0v) is 15.5. The van der Waals surface area contributed by atoms with Crippen LogP contribution >= 0.6 is 0 Å². The summed E-state index contributed by atoms with van der Waals surface area (Å²) < 4.78 is 16.2. The second-order valence-electron chi connectivity index (χ2n) is 7.23. The fourth-order valence-electron chi connectivity index (χ4n) is 3.49. The van der Waals surface area contributed by atoms with Gasteiger partial charge in [-0.2, -0.15) is 0 Å². The Morgan fingerprint density at radius 2 is 1.81 bits per heavy atom. The first kappa shape index (κ1) is 18.5. The minimum absolute atomic E-state index is 0.106. The summed E-state index contributed by atoms with van der Waals surface area (Å²) in [6.45, 7) is 3.08. The smallest absolute Gasteiger partial charge is 0.310 e. The number of ether oxygens (including phenoxy) is 3. The summed E-state index contributed by atoms with van der Waals surface area (Å²) in [4.78, 5) is 26.1. The molecular formula is C20H27NO5. The number of rotatable bonds is 5. The van der Waals surface area contributed by atoms with Gasteiger partial charge in [0.05, 0.1) is 6.42 Å². The fraction of sp³-hybridized carbons (Fsp3) is 0.600. The summed E-state index contributed by atoms with van der Waals surface area (Å²) in [6, 6.07) is 5.65. The first-order chi connectivity index (χ1) is 12.5. The van der Waals surface area contributed by atoms with Gasteiger partial charge in [0.2, 0.25) is 0 Å². The van der Waals surface area contributed by atoms with Crippen LogP contribution in [0.4, 0.5) is 0 Å². The zero-order chi connectivity index (χ0) is 18.5. The van der Waals surface area contributed by atoms with Gasteiger partial charge >= 0.3 is 5.97 Å². The molecule has 0 saturated heterocycles. The number of fused-ring (bicyclic) bond motifs is 1. The van der Waals surface area contributed by atoms with E-state index in [2.05, 4.69) is 6.92 Å². The van der Waals surface area contributed by atoms with E-state index in [4.69, 9.17) is 14.2 Å². The Morgan fingerprint density at radius 3 is 2.54 bits per heavy atom. The Kier molecular flexibility index (Phi) is 6.01. The Hall–Kier alpha value is -2.24. The molecule has 0 bridgehead atoms. The van der Waals surface area contributed by atoms with Crippen molar-refractivity contribution in [2.45, 2.75) is 45.1 Å². The van der Waals surface area contributed by atoms with Crippen molar-refractivity contribution in [1.82, 2.24) is 4.90 Å². The zero-order valence-electron chi connectivity index (χ0n) is 15.5. The van der Waals surface area contributed by atoms with Crippen molar-refractivity contribution in [3.8, 4) is 11.5 Å². The standard InChI is InChI=1S/C20H27NO5/c1-14-3-6-16(7-4-14)21(2)19(22)13-26-20(23)12-15-5-8-17-18(11-15)25-10-9-24-17/h5,8,11,14,16H,3-4,6-7,9-10,12-13H2,1-2H3. The molecule has 1 saturated carbocycles. The van der Waals surface area contributed by atoms with Crippen LogP contribution in [0.5, 0.6) is 11.5 Å². The lowest BCUT2D eigenvalue weighted by Gasteiger charge is -2.33. The van der Waals surface area contributed by atoms with Crippen LogP contribution in [0.25, 0.3) is 0 Å². The molecule has 1 amide bonds. The second kappa shape index (κ2) is 8.43.